The van der Waals surface area contributed by atoms with Crippen molar-refractivity contribution >= 4 is 29.3 Å². The number of halogens is 1. The van der Waals surface area contributed by atoms with E-state index in [0.29, 0.717) is 5.75 Å². The van der Waals surface area contributed by atoms with Gasteiger partial charge in [0, 0.05) is 10.8 Å². The van der Waals surface area contributed by atoms with E-state index in [4.69, 9.17) is 11.6 Å². The van der Waals surface area contributed by atoms with E-state index in [9.17, 15) is 4.79 Å². The van der Waals surface area contributed by atoms with Gasteiger partial charge in [0.25, 0.3) is 0 Å². The topological polar surface area (TPSA) is 29.1 Å². The predicted octanol–water partition coefficient (Wildman–Crippen LogP) is 5.79. The van der Waals surface area contributed by atoms with Crippen molar-refractivity contribution in [3.8, 4) is 0 Å². The lowest BCUT2D eigenvalue weighted by molar-refractivity contribution is -0.119. The van der Waals surface area contributed by atoms with Gasteiger partial charge in [0.05, 0.1) is 11.8 Å². The molecule has 0 radical (unpaired) electrons. The van der Waals surface area contributed by atoms with Crippen LogP contribution < -0.4 is 5.32 Å². The Labute approximate surface area is 170 Å². The molecule has 3 aromatic rings. The molecule has 2 nitrogen and oxygen atoms in total. The van der Waals surface area contributed by atoms with E-state index in [1.165, 1.54) is 5.56 Å². The Balaban J connectivity index is 1.63. The first-order chi connectivity index (χ1) is 13.1. The van der Waals surface area contributed by atoms with E-state index in [1.54, 1.807) is 11.8 Å². The van der Waals surface area contributed by atoms with E-state index in [-0.39, 0.29) is 11.9 Å². The molecular weight excluding hydrogens is 374 g/mol. The van der Waals surface area contributed by atoms with Gasteiger partial charge in [0.1, 0.15) is 0 Å². The van der Waals surface area contributed by atoms with Gasteiger partial charge in [-0.25, -0.2) is 0 Å². The third-order valence-electron chi connectivity index (χ3n) is 4.26. The first-order valence-corrected chi connectivity index (χ1v) is 10.4. The molecule has 138 valence electrons. The molecule has 3 aromatic carbocycles. The second-order valence-electron chi connectivity index (χ2n) is 6.44. The molecule has 0 aliphatic carbocycles. The summed E-state index contributed by atoms with van der Waals surface area (Å²) in [5.74, 6) is 1.23. The summed E-state index contributed by atoms with van der Waals surface area (Å²) in [5.41, 5.74) is 4.53. The van der Waals surface area contributed by atoms with Gasteiger partial charge < -0.3 is 5.32 Å². The van der Waals surface area contributed by atoms with Crippen molar-refractivity contribution in [1.82, 2.24) is 5.32 Å². The van der Waals surface area contributed by atoms with Crippen LogP contribution in [0.3, 0.4) is 0 Å². The minimum absolute atomic E-state index is 0.0309. The van der Waals surface area contributed by atoms with Gasteiger partial charge in [-0.1, -0.05) is 83.9 Å². The second kappa shape index (κ2) is 9.63. The van der Waals surface area contributed by atoms with Gasteiger partial charge in [-0.05, 0) is 35.7 Å². The van der Waals surface area contributed by atoms with Crippen molar-refractivity contribution in [2.75, 3.05) is 5.75 Å². The zero-order valence-electron chi connectivity index (χ0n) is 15.2. The SMILES string of the molecule is Cc1ccc([C@@H](NC(=O)CSCc2ccc(Cl)cc2)c2ccccc2)cc1. The van der Waals surface area contributed by atoms with Gasteiger partial charge in [-0.2, -0.15) is 0 Å². The number of thioether (sulfide) groups is 1. The van der Waals surface area contributed by atoms with Crippen molar-refractivity contribution in [1.29, 1.82) is 0 Å². The van der Waals surface area contributed by atoms with Crippen molar-refractivity contribution in [2.45, 2.75) is 18.7 Å². The van der Waals surface area contributed by atoms with E-state index < -0.39 is 0 Å². The lowest BCUT2D eigenvalue weighted by atomic mass is 9.98. The molecular formula is C23H22ClNOS. The molecule has 0 heterocycles. The van der Waals surface area contributed by atoms with Crippen LogP contribution in [-0.2, 0) is 10.5 Å². The largest absolute Gasteiger partial charge is 0.344 e. The summed E-state index contributed by atoms with van der Waals surface area (Å²) in [5, 5.41) is 3.91. The Morgan fingerprint density at radius 3 is 2.22 bits per heavy atom. The van der Waals surface area contributed by atoms with Gasteiger partial charge in [-0.15, -0.1) is 11.8 Å². The molecule has 0 aliphatic rings. The van der Waals surface area contributed by atoms with Crippen LogP contribution in [0, 0.1) is 6.92 Å². The molecule has 0 aliphatic heterocycles. The Hall–Kier alpha value is -2.23. The monoisotopic (exact) mass is 395 g/mol. The number of nitrogens with one attached hydrogen (secondary N) is 1. The number of hydrogen-bond donors (Lipinski definition) is 1. The smallest absolute Gasteiger partial charge is 0.230 e. The van der Waals surface area contributed by atoms with E-state index >= 15 is 0 Å². The quantitative estimate of drug-likeness (QED) is 0.548. The maximum absolute atomic E-state index is 12.6. The van der Waals surface area contributed by atoms with Crippen LogP contribution in [-0.4, -0.2) is 11.7 Å². The summed E-state index contributed by atoms with van der Waals surface area (Å²) in [6.45, 7) is 2.06. The Bertz CT molecular complexity index is 863. The number of amides is 1. The summed E-state index contributed by atoms with van der Waals surface area (Å²) in [6, 6.07) is 26.0. The van der Waals surface area contributed by atoms with Gasteiger partial charge in [-0.3, -0.25) is 4.79 Å². The molecule has 0 bridgehead atoms. The highest BCUT2D eigenvalue weighted by molar-refractivity contribution is 7.99. The van der Waals surface area contributed by atoms with E-state index in [1.807, 2.05) is 54.6 Å². The number of carbonyl (C=O) groups is 1. The fraction of sp³-hybridized carbons (Fsp3) is 0.174. The normalized spacial score (nSPS) is 11.8. The molecule has 0 saturated heterocycles. The van der Waals surface area contributed by atoms with Crippen molar-refractivity contribution < 1.29 is 4.79 Å². The fourth-order valence-electron chi connectivity index (χ4n) is 2.81. The first kappa shape index (κ1) is 19.5. The summed E-state index contributed by atoms with van der Waals surface area (Å²) in [6.07, 6.45) is 0. The molecule has 0 aromatic heterocycles. The maximum atomic E-state index is 12.6. The summed E-state index contributed by atoms with van der Waals surface area (Å²) >= 11 is 7.51. The van der Waals surface area contributed by atoms with Crippen LogP contribution in [0.15, 0.2) is 78.9 Å². The molecule has 1 N–H and O–H groups in total. The molecule has 3 rings (SSSR count). The van der Waals surface area contributed by atoms with E-state index in [0.717, 1.165) is 27.5 Å². The highest BCUT2D eigenvalue weighted by Gasteiger charge is 2.16. The van der Waals surface area contributed by atoms with Crippen LogP contribution in [0.4, 0.5) is 0 Å². The molecule has 0 fully saturated rings. The standard InChI is InChI=1S/C23H22ClNOS/c1-17-7-11-20(12-8-17)23(19-5-3-2-4-6-19)25-22(26)16-27-15-18-9-13-21(24)14-10-18/h2-14,23H,15-16H2,1H3,(H,25,26)/t23-/m0/s1. The third-order valence-corrected chi connectivity index (χ3v) is 5.52. The van der Waals surface area contributed by atoms with Crippen LogP contribution >= 0.6 is 23.4 Å². The predicted molar refractivity (Wildman–Crippen MR) is 115 cm³/mol. The van der Waals surface area contributed by atoms with Gasteiger partial charge in [0.15, 0.2) is 0 Å². The average Bonchev–Trinajstić information content (AvgIpc) is 2.69. The number of carbonyl (C=O) groups excluding carboxylic acids is 1. The molecule has 1 atom stereocenters. The molecule has 4 heteroatoms. The number of hydrogen-bond acceptors (Lipinski definition) is 2. The fourth-order valence-corrected chi connectivity index (χ4v) is 3.73. The lowest BCUT2D eigenvalue weighted by Gasteiger charge is -2.20. The number of rotatable bonds is 7. The number of benzene rings is 3. The van der Waals surface area contributed by atoms with Crippen molar-refractivity contribution in [3.05, 3.63) is 106 Å². The highest BCUT2D eigenvalue weighted by atomic mass is 35.5. The molecule has 0 spiro atoms. The first-order valence-electron chi connectivity index (χ1n) is 8.85. The molecule has 0 unspecified atom stereocenters. The zero-order valence-corrected chi connectivity index (χ0v) is 16.8. The molecule has 1 amide bonds. The minimum Gasteiger partial charge on any atom is -0.344 e. The Morgan fingerprint density at radius 2 is 1.56 bits per heavy atom. The molecule has 27 heavy (non-hydrogen) atoms. The van der Waals surface area contributed by atoms with Crippen molar-refractivity contribution in [3.63, 3.8) is 0 Å². The minimum atomic E-state index is -0.143. The summed E-state index contributed by atoms with van der Waals surface area (Å²) in [7, 11) is 0. The van der Waals surface area contributed by atoms with Gasteiger partial charge in [0.2, 0.25) is 5.91 Å². The van der Waals surface area contributed by atoms with Crippen LogP contribution in [0.25, 0.3) is 0 Å². The highest BCUT2D eigenvalue weighted by Crippen LogP contribution is 2.23. The summed E-state index contributed by atoms with van der Waals surface area (Å²) in [4.78, 5) is 12.6. The Kier molecular flexibility index (Phi) is 6.97. The van der Waals surface area contributed by atoms with Crippen LogP contribution in [0.1, 0.15) is 28.3 Å². The summed E-state index contributed by atoms with van der Waals surface area (Å²) < 4.78 is 0. The van der Waals surface area contributed by atoms with Crippen molar-refractivity contribution in [2.24, 2.45) is 0 Å². The second-order valence-corrected chi connectivity index (χ2v) is 7.86. The van der Waals surface area contributed by atoms with Crippen LogP contribution in [0.5, 0.6) is 0 Å². The van der Waals surface area contributed by atoms with E-state index in [2.05, 4.69) is 36.5 Å². The maximum Gasteiger partial charge on any atom is 0.230 e. The number of aryl methyl sites for hydroxylation is 1. The lowest BCUT2D eigenvalue weighted by Crippen LogP contribution is -2.30. The van der Waals surface area contributed by atoms with Crippen LogP contribution in [0.2, 0.25) is 5.02 Å². The average molecular weight is 396 g/mol. The van der Waals surface area contributed by atoms with Gasteiger partial charge >= 0.3 is 0 Å². The molecule has 0 saturated carbocycles. The third kappa shape index (κ3) is 5.88. The Morgan fingerprint density at radius 1 is 0.926 bits per heavy atom. The zero-order chi connectivity index (χ0) is 19.1.